The van der Waals surface area contributed by atoms with Crippen LogP contribution in [-0.2, 0) is 20.3 Å². The number of para-hydroxylation sites is 1. The van der Waals surface area contributed by atoms with Gasteiger partial charge in [0.1, 0.15) is 5.75 Å². The Labute approximate surface area is 162 Å². The van der Waals surface area contributed by atoms with Crippen molar-refractivity contribution in [2.45, 2.75) is 17.6 Å². The van der Waals surface area contributed by atoms with Crippen LogP contribution in [0.3, 0.4) is 0 Å². The number of carbonyl (C=O) groups is 1. The van der Waals surface area contributed by atoms with Crippen LogP contribution in [0.25, 0.3) is 16.9 Å². The maximum atomic E-state index is 12.9. The lowest BCUT2D eigenvalue weighted by Gasteiger charge is -2.19. The van der Waals surface area contributed by atoms with E-state index < -0.39 is 15.8 Å². The maximum Gasteiger partial charge on any atom is 0.359 e. The summed E-state index contributed by atoms with van der Waals surface area (Å²) in [6.45, 7) is 1.86. The molecular weight excluding hydrogens is 380 g/mol. The molecule has 0 N–H and O–H groups in total. The van der Waals surface area contributed by atoms with E-state index in [1.54, 1.807) is 23.7 Å². The summed E-state index contributed by atoms with van der Waals surface area (Å²) in [7, 11) is -2.19. The monoisotopic (exact) mass is 398 g/mol. The number of carbonyl (C=O) groups excluding carboxylic acids is 1. The van der Waals surface area contributed by atoms with Crippen molar-refractivity contribution in [3.05, 3.63) is 59.8 Å². The van der Waals surface area contributed by atoms with Crippen molar-refractivity contribution >= 4 is 15.8 Å². The molecule has 0 radical (unpaired) electrons. The summed E-state index contributed by atoms with van der Waals surface area (Å²) in [5.74, 6) is -0.522. The van der Waals surface area contributed by atoms with E-state index in [9.17, 15) is 13.2 Å². The van der Waals surface area contributed by atoms with Gasteiger partial charge in [-0.2, -0.15) is 5.10 Å². The van der Waals surface area contributed by atoms with E-state index in [2.05, 4.69) is 5.10 Å². The molecule has 0 aliphatic carbocycles. The second kappa shape index (κ2) is 6.79. The summed E-state index contributed by atoms with van der Waals surface area (Å²) >= 11 is 0. The van der Waals surface area contributed by atoms with Gasteiger partial charge in [0.05, 0.1) is 35.7 Å². The first-order valence-corrected chi connectivity index (χ1v) is 10.4. The lowest BCUT2D eigenvalue weighted by molar-refractivity contribution is 0.0518. The number of rotatable bonds is 4. The predicted molar refractivity (Wildman–Crippen MR) is 102 cm³/mol. The van der Waals surface area contributed by atoms with Crippen molar-refractivity contribution in [3.63, 3.8) is 0 Å². The number of esters is 1. The Kier molecular flexibility index (Phi) is 4.43. The Morgan fingerprint density at radius 2 is 1.93 bits per heavy atom. The molecule has 4 rings (SSSR count). The lowest BCUT2D eigenvalue weighted by Crippen LogP contribution is -2.16. The molecule has 3 aromatic rings. The van der Waals surface area contributed by atoms with E-state index >= 15 is 0 Å². The number of hydrogen-bond donors (Lipinski definition) is 0. The molecule has 1 aliphatic rings. The highest BCUT2D eigenvalue weighted by Crippen LogP contribution is 2.42. The van der Waals surface area contributed by atoms with Gasteiger partial charge in [0.15, 0.2) is 15.5 Å². The molecule has 28 heavy (non-hydrogen) atoms. The third kappa shape index (κ3) is 2.86. The summed E-state index contributed by atoms with van der Waals surface area (Å²) in [4.78, 5) is 12.6. The quantitative estimate of drug-likeness (QED) is 0.628. The molecule has 8 heteroatoms. The van der Waals surface area contributed by atoms with Gasteiger partial charge < -0.3 is 9.47 Å². The van der Waals surface area contributed by atoms with Crippen molar-refractivity contribution in [2.24, 2.45) is 0 Å². The van der Waals surface area contributed by atoms with Gasteiger partial charge in [-0.1, -0.05) is 18.2 Å². The predicted octanol–water partition coefficient (Wildman–Crippen LogP) is 3.01. The zero-order valence-corrected chi connectivity index (χ0v) is 16.2. The van der Waals surface area contributed by atoms with Gasteiger partial charge >= 0.3 is 5.97 Å². The largest absolute Gasteiger partial charge is 0.497 e. The number of methoxy groups -OCH3 is 1. The Morgan fingerprint density at radius 3 is 2.61 bits per heavy atom. The second-order valence-corrected chi connectivity index (χ2v) is 8.22. The zero-order chi connectivity index (χ0) is 19.9. The summed E-state index contributed by atoms with van der Waals surface area (Å²) in [5.41, 5.74) is 2.14. The minimum Gasteiger partial charge on any atom is -0.497 e. The molecule has 0 unspecified atom stereocenters. The molecule has 0 fully saturated rings. The third-order valence-electron chi connectivity index (χ3n) is 4.57. The molecule has 7 nitrogen and oxygen atoms in total. The van der Waals surface area contributed by atoms with Crippen LogP contribution < -0.4 is 4.74 Å². The van der Waals surface area contributed by atoms with Gasteiger partial charge in [-0.3, -0.25) is 0 Å². The van der Waals surface area contributed by atoms with Gasteiger partial charge in [-0.15, -0.1) is 0 Å². The van der Waals surface area contributed by atoms with Crippen LogP contribution in [0.5, 0.6) is 5.75 Å². The van der Waals surface area contributed by atoms with E-state index in [4.69, 9.17) is 9.47 Å². The van der Waals surface area contributed by atoms with Gasteiger partial charge in [-0.05, 0) is 37.3 Å². The SMILES string of the molecule is CCOC(=O)c1nn(-c2ccccc2)c2c1CS(=O)(=O)c1cc(OC)ccc1-2. The molecule has 0 spiro atoms. The molecule has 0 saturated heterocycles. The minimum absolute atomic E-state index is 0.0192. The fourth-order valence-corrected chi connectivity index (χ4v) is 4.94. The van der Waals surface area contributed by atoms with E-state index in [0.717, 1.165) is 5.69 Å². The van der Waals surface area contributed by atoms with Gasteiger partial charge in [0.25, 0.3) is 0 Å². The first-order valence-electron chi connectivity index (χ1n) is 8.72. The number of aromatic nitrogens is 2. The Hall–Kier alpha value is -3.13. The number of benzene rings is 2. The van der Waals surface area contributed by atoms with E-state index in [1.807, 2.05) is 30.3 Å². The molecule has 2 aromatic carbocycles. The van der Waals surface area contributed by atoms with Crippen LogP contribution >= 0.6 is 0 Å². The van der Waals surface area contributed by atoms with E-state index in [-0.39, 0.29) is 22.9 Å². The lowest BCUT2D eigenvalue weighted by atomic mass is 10.1. The van der Waals surface area contributed by atoms with Crippen LogP contribution in [0.4, 0.5) is 0 Å². The third-order valence-corrected chi connectivity index (χ3v) is 6.24. The zero-order valence-electron chi connectivity index (χ0n) is 15.4. The average Bonchev–Trinajstić information content (AvgIpc) is 3.07. The Morgan fingerprint density at radius 1 is 1.18 bits per heavy atom. The highest BCUT2D eigenvalue weighted by Gasteiger charge is 2.36. The normalized spacial score (nSPS) is 14.1. The topological polar surface area (TPSA) is 87.5 Å². The van der Waals surface area contributed by atoms with Crippen LogP contribution in [0.15, 0.2) is 53.4 Å². The molecule has 0 bridgehead atoms. The summed E-state index contributed by atoms with van der Waals surface area (Å²) in [6.07, 6.45) is 0. The van der Waals surface area contributed by atoms with Crippen molar-refractivity contribution in [1.82, 2.24) is 9.78 Å². The first-order chi connectivity index (χ1) is 13.5. The number of nitrogens with zero attached hydrogens (tertiary/aromatic N) is 2. The number of sulfone groups is 1. The summed E-state index contributed by atoms with van der Waals surface area (Å²) in [5, 5.41) is 4.43. The first kappa shape index (κ1) is 18.2. The van der Waals surface area contributed by atoms with Crippen LogP contribution in [0.2, 0.25) is 0 Å². The molecule has 144 valence electrons. The molecule has 0 amide bonds. The smallest absolute Gasteiger partial charge is 0.359 e. The molecule has 0 saturated carbocycles. The Bertz CT molecular complexity index is 1170. The molecule has 2 heterocycles. The second-order valence-electron chi connectivity index (χ2n) is 6.26. The summed E-state index contributed by atoms with van der Waals surface area (Å²) < 4.78 is 37.8. The van der Waals surface area contributed by atoms with Gasteiger partial charge in [-0.25, -0.2) is 17.9 Å². The van der Waals surface area contributed by atoms with E-state index in [0.29, 0.717) is 22.6 Å². The van der Waals surface area contributed by atoms with Gasteiger partial charge in [0.2, 0.25) is 0 Å². The molecule has 1 aliphatic heterocycles. The summed E-state index contributed by atoms with van der Waals surface area (Å²) in [6, 6.07) is 14.1. The van der Waals surface area contributed by atoms with Crippen LogP contribution in [0.1, 0.15) is 23.0 Å². The maximum absolute atomic E-state index is 12.9. The van der Waals surface area contributed by atoms with Crippen molar-refractivity contribution < 1.29 is 22.7 Å². The van der Waals surface area contributed by atoms with Crippen molar-refractivity contribution in [1.29, 1.82) is 0 Å². The van der Waals surface area contributed by atoms with E-state index in [1.165, 1.54) is 13.2 Å². The molecule has 1 aromatic heterocycles. The molecule has 0 atom stereocenters. The molecular formula is C20H18N2O5S. The number of fused-ring (bicyclic) bond motifs is 3. The minimum atomic E-state index is -3.67. The van der Waals surface area contributed by atoms with Gasteiger partial charge in [0, 0.05) is 11.1 Å². The fraction of sp³-hybridized carbons (Fsp3) is 0.200. The highest BCUT2D eigenvalue weighted by atomic mass is 32.2. The van der Waals surface area contributed by atoms with Crippen molar-refractivity contribution in [2.75, 3.05) is 13.7 Å². The number of hydrogen-bond acceptors (Lipinski definition) is 6. The Balaban J connectivity index is 2.04. The number of ether oxygens (including phenoxy) is 2. The standard InChI is InChI=1S/C20H18N2O5S/c1-3-27-20(23)18-16-12-28(24,25)17-11-14(26-2)9-10-15(17)19(16)22(21-18)13-7-5-4-6-8-13/h4-11H,3,12H2,1-2H3. The van der Waals surface area contributed by atoms with Crippen LogP contribution in [-0.4, -0.2) is 37.9 Å². The fourth-order valence-electron chi connectivity index (χ4n) is 3.33. The van der Waals surface area contributed by atoms with Crippen LogP contribution in [0, 0.1) is 0 Å². The highest BCUT2D eigenvalue weighted by molar-refractivity contribution is 7.90. The average molecular weight is 398 g/mol. The van der Waals surface area contributed by atoms with Crippen molar-refractivity contribution in [3.8, 4) is 22.7 Å².